The van der Waals surface area contributed by atoms with Crippen molar-refractivity contribution in [3.05, 3.63) is 136 Å². The fourth-order valence-electron chi connectivity index (χ4n) is 10.4. The summed E-state index contributed by atoms with van der Waals surface area (Å²) in [4.78, 5) is 51.4. The van der Waals surface area contributed by atoms with E-state index < -0.39 is 0 Å². The summed E-state index contributed by atoms with van der Waals surface area (Å²) in [6.45, 7) is 12.6. The summed E-state index contributed by atoms with van der Waals surface area (Å²) >= 11 is 0. The van der Waals surface area contributed by atoms with Crippen molar-refractivity contribution in [3.8, 4) is 17.2 Å². The van der Waals surface area contributed by atoms with E-state index in [1.54, 1.807) is 37.1 Å². The molecule has 0 spiro atoms. The number of carbonyl (C=O) groups is 3. The van der Waals surface area contributed by atoms with Gasteiger partial charge in [-0.1, -0.05) is 64.9 Å². The molecule has 15 heteroatoms. The molecule has 5 aromatic carbocycles. The standard InChI is InChI=1S/C59H69N5O8S2/c1-7-21-69-23-24-70-22-20-62(38-59(3,4)74-73-25-12-17-56(65)60-5)46-28-40(36-71-53-32-42-18-19-45-30-43-13-8-10-15-51(43)63(45)57(66)48(42)26-39(53)2)27-41(29-46)37-72-55-34-50-49(33-54(55)68-6)58(67)64-47(35-61-50)31-44-14-9-11-16-52(44)64/h8-11,13-16,26-29,32-35,45,47H,7,12,17-25,30-31,36-38H2,1-6H3,(H,60,65)/t45-,47+/m1/s1. The van der Waals surface area contributed by atoms with Crippen LogP contribution in [-0.2, 0) is 46.7 Å². The van der Waals surface area contributed by atoms with E-state index in [0.717, 1.165) is 94.0 Å². The van der Waals surface area contributed by atoms with Crippen LogP contribution in [0.3, 0.4) is 0 Å². The third-order valence-electron chi connectivity index (χ3n) is 14.0. The molecule has 0 unspecified atom stereocenters. The van der Waals surface area contributed by atoms with Crippen molar-refractivity contribution in [2.75, 3.05) is 74.1 Å². The number of nitrogens with zero attached hydrogens (tertiary/aromatic N) is 4. The molecule has 0 aromatic heterocycles. The number of ether oxygens (including phenoxy) is 5. The Morgan fingerprint density at radius 2 is 1.49 bits per heavy atom. The lowest BCUT2D eigenvalue weighted by Crippen LogP contribution is -2.38. The van der Waals surface area contributed by atoms with Crippen molar-refractivity contribution in [1.29, 1.82) is 0 Å². The summed E-state index contributed by atoms with van der Waals surface area (Å²) in [5, 5.41) is 2.72. The summed E-state index contributed by atoms with van der Waals surface area (Å²) in [6, 6.07) is 30.3. The van der Waals surface area contributed by atoms with Gasteiger partial charge in [0, 0.05) is 91.0 Å². The highest BCUT2D eigenvalue weighted by Crippen LogP contribution is 2.43. The number of benzene rings is 5. The lowest BCUT2D eigenvalue weighted by Gasteiger charge is -2.34. The fourth-order valence-corrected chi connectivity index (χ4v) is 12.9. The first kappa shape index (κ1) is 52.8. The highest BCUT2D eigenvalue weighted by molar-refractivity contribution is 8.77. The van der Waals surface area contributed by atoms with E-state index in [1.165, 1.54) is 5.56 Å². The minimum Gasteiger partial charge on any atom is -0.493 e. The van der Waals surface area contributed by atoms with Crippen molar-refractivity contribution in [2.45, 2.75) is 103 Å². The van der Waals surface area contributed by atoms with Crippen LogP contribution in [0.15, 0.2) is 96.0 Å². The Kier molecular flexibility index (Phi) is 17.2. The molecule has 0 fully saturated rings. The van der Waals surface area contributed by atoms with E-state index >= 15 is 0 Å². The number of nitrogens with one attached hydrogen (secondary N) is 1. The maximum Gasteiger partial charge on any atom is 0.261 e. The number of aryl methyl sites for hydroxylation is 2. The lowest BCUT2D eigenvalue weighted by molar-refractivity contribution is -0.120. The zero-order valence-electron chi connectivity index (χ0n) is 43.6. The topological polar surface area (TPSA) is 131 Å². The van der Waals surface area contributed by atoms with Crippen molar-refractivity contribution in [1.82, 2.24) is 5.32 Å². The maximum absolute atomic E-state index is 14.2. The molecule has 13 nitrogen and oxygen atoms in total. The van der Waals surface area contributed by atoms with Crippen LogP contribution in [0.1, 0.15) is 101 Å². The van der Waals surface area contributed by atoms with Crippen LogP contribution in [0, 0.1) is 6.92 Å². The largest absolute Gasteiger partial charge is 0.493 e. The number of carbonyl (C=O) groups excluding carboxylic acids is 3. The molecule has 0 aliphatic carbocycles. The molecule has 3 amide bonds. The van der Waals surface area contributed by atoms with Gasteiger partial charge in [-0.05, 0) is 135 Å². The molecule has 9 rings (SSSR count). The highest BCUT2D eigenvalue weighted by atomic mass is 33.1. The summed E-state index contributed by atoms with van der Waals surface area (Å²) in [6.07, 6.45) is 7.35. The van der Waals surface area contributed by atoms with Gasteiger partial charge < -0.3 is 38.8 Å². The Labute approximate surface area is 444 Å². The minimum absolute atomic E-state index is 0.0519. The van der Waals surface area contributed by atoms with E-state index in [2.05, 4.69) is 79.5 Å². The first-order chi connectivity index (χ1) is 35.9. The molecule has 1 N–H and O–H groups in total. The number of para-hydroxylation sites is 2. The van der Waals surface area contributed by atoms with Crippen LogP contribution in [0.25, 0.3) is 0 Å². The second-order valence-electron chi connectivity index (χ2n) is 20.0. The van der Waals surface area contributed by atoms with Gasteiger partial charge in [0.15, 0.2) is 11.5 Å². The predicted octanol–water partition coefficient (Wildman–Crippen LogP) is 10.9. The zero-order chi connectivity index (χ0) is 51.8. The molecule has 0 saturated carbocycles. The molecular formula is C59H69N5O8S2. The number of fused-ring (bicyclic) bond motifs is 8. The number of anilines is 3. The van der Waals surface area contributed by atoms with Crippen LogP contribution < -0.4 is 34.2 Å². The molecule has 0 saturated heterocycles. The Morgan fingerprint density at radius 3 is 2.22 bits per heavy atom. The van der Waals surface area contributed by atoms with Crippen LogP contribution in [0.2, 0.25) is 0 Å². The van der Waals surface area contributed by atoms with Crippen molar-refractivity contribution in [3.63, 3.8) is 0 Å². The monoisotopic (exact) mass is 1040 g/mol. The Bertz CT molecular complexity index is 2870. The van der Waals surface area contributed by atoms with Gasteiger partial charge in [0.05, 0.1) is 44.2 Å². The minimum atomic E-state index is -0.192. The van der Waals surface area contributed by atoms with Gasteiger partial charge in [-0.2, -0.15) is 0 Å². The van der Waals surface area contributed by atoms with E-state index in [0.29, 0.717) is 75.1 Å². The van der Waals surface area contributed by atoms with Gasteiger partial charge in [-0.25, -0.2) is 0 Å². The van der Waals surface area contributed by atoms with Crippen molar-refractivity contribution < 1.29 is 38.1 Å². The molecule has 390 valence electrons. The number of rotatable bonds is 24. The molecule has 74 heavy (non-hydrogen) atoms. The molecule has 4 heterocycles. The van der Waals surface area contributed by atoms with Crippen molar-refractivity contribution in [2.24, 2.45) is 4.99 Å². The summed E-state index contributed by atoms with van der Waals surface area (Å²) in [7, 11) is 6.88. The Hall–Kier alpha value is -6.00. The van der Waals surface area contributed by atoms with Crippen molar-refractivity contribution >= 4 is 68.3 Å². The second-order valence-corrected chi connectivity index (χ2v) is 23.1. The van der Waals surface area contributed by atoms with Crippen LogP contribution >= 0.6 is 21.6 Å². The lowest BCUT2D eigenvalue weighted by atomic mass is 9.98. The molecule has 2 atom stereocenters. The number of methoxy groups -OCH3 is 1. The third kappa shape index (κ3) is 12.2. The zero-order valence-corrected chi connectivity index (χ0v) is 45.2. The van der Waals surface area contributed by atoms with E-state index in [9.17, 15) is 14.4 Å². The molecule has 0 bridgehead atoms. The van der Waals surface area contributed by atoms with Gasteiger partial charge in [-0.3, -0.25) is 24.3 Å². The normalized spacial score (nSPS) is 16.4. The molecule has 4 aliphatic heterocycles. The first-order valence-corrected chi connectivity index (χ1v) is 28.3. The summed E-state index contributed by atoms with van der Waals surface area (Å²) < 4.78 is 31.0. The van der Waals surface area contributed by atoms with Crippen LogP contribution in [-0.4, -0.2) is 100 Å². The summed E-state index contributed by atoms with van der Waals surface area (Å²) in [5.41, 5.74) is 10.7. The van der Waals surface area contributed by atoms with Gasteiger partial charge in [0.2, 0.25) is 5.91 Å². The van der Waals surface area contributed by atoms with Crippen LogP contribution in [0.4, 0.5) is 22.7 Å². The number of hydrogen-bond acceptors (Lipinski definition) is 12. The molecule has 5 aromatic rings. The van der Waals surface area contributed by atoms with E-state index in [4.69, 9.17) is 28.7 Å². The quantitative estimate of drug-likeness (QED) is 0.0468. The Balaban J connectivity index is 0.992. The van der Waals surface area contributed by atoms with Gasteiger partial charge in [-0.15, -0.1) is 0 Å². The van der Waals surface area contributed by atoms with Gasteiger partial charge >= 0.3 is 0 Å². The average molecular weight is 1040 g/mol. The number of amides is 3. The van der Waals surface area contributed by atoms with E-state index in [-0.39, 0.29) is 47.8 Å². The number of aliphatic imine (C=N–C) groups is 1. The highest BCUT2D eigenvalue weighted by Gasteiger charge is 2.38. The SMILES string of the molecule is CCCOCCOCCN(CC(C)(C)SSCCCC(=O)NC)c1cc(COc2cc3c(cc2C)C(=O)N2c4ccccc4C[C@H]2CC3)cc(COc2cc3c(cc2OC)C(=O)N2c4ccccc4C[C@H]2C=N3)c1. The first-order valence-electron chi connectivity index (χ1n) is 26.0. The fraction of sp³-hybridized carbons (Fsp3) is 0.424. The predicted molar refractivity (Wildman–Crippen MR) is 299 cm³/mol. The molecular weight excluding hydrogens is 971 g/mol. The smallest absolute Gasteiger partial charge is 0.261 e. The maximum atomic E-state index is 14.2. The van der Waals surface area contributed by atoms with Gasteiger partial charge in [0.25, 0.3) is 11.8 Å². The Morgan fingerprint density at radius 1 is 0.797 bits per heavy atom. The van der Waals surface area contributed by atoms with Crippen LogP contribution in [0.5, 0.6) is 17.2 Å². The molecule has 0 radical (unpaired) electrons. The summed E-state index contributed by atoms with van der Waals surface area (Å²) in [5.74, 6) is 2.50. The van der Waals surface area contributed by atoms with E-state index in [1.807, 2.05) is 64.1 Å². The number of hydrogen-bond donors (Lipinski definition) is 1. The van der Waals surface area contributed by atoms with Gasteiger partial charge in [0.1, 0.15) is 19.0 Å². The second kappa shape index (κ2) is 24.1. The average Bonchev–Trinajstić information content (AvgIpc) is 3.90. The molecule has 4 aliphatic rings. The third-order valence-corrected chi connectivity index (χ3v) is 17.3.